The van der Waals surface area contributed by atoms with Gasteiger partial charge in [-0.3, -0.25) is 4.79 Å². The van der Waals surface area contributed by atoms with E-state index in [9.17, 15) is 4.79 Å². The summed E-state index contributed by atoms with van der Waals surface area (Å²) in [6.45, 7) is -0.136. The lowest BCUT2D eigenvalue weighted by atomic mass is 10.1. The van der Waals surface area contributed by atoms with Gasteiger partial charge < -0.3 is 9.15 Å². The number of ether oxygens (including phenoxy) is 1. The number of benzene rings is 1. The Morgan fingerprint density at radius 1 is 1.30 bits per heavy atom. The monoisotopic (exact) mass is 377 g/mol. The molecule has 0 fully saturated rings. The van der Waals surface area contributed by atoms with Crippen molar-refractivity contribution < 1.29 is 13.9 Å². The van der Waals surface area contributed by atoms with Crippen LogP contribution in [0, 0.1) is 11.3 Å². The van der Waals surface area contributed by atoms with Gasteiger partial charge >= 0.3 is 0 Å². The summed E-state index contributed by atoms with van der Waals surface area (Å²) in [6, 6.07) is 16.1. The van der Waals surface area contributed by atoms with E-state index in [1.165, 1.54) is 5.01 Å². The number of nitriles is 1. The molecule has 0 saturated carbocycles. The van der Waals surface area contributed by atoms with Crippen LogP contribution in [0.4, 0.5) is 0 Å². The van der Waals surface area contributed by atoms with Crippen LogP contribution in [-0.4, -0.2) is 23.2 Å². The van der Waals surface area contributed by atoms with Crippen molar-refractivity contribution in [3.05, 3.63) is 76.4 Å². The molecule has 1 amide bonds. The second kappa shape index (κ2) is 7.48. The Hall–Kier alpha value is -3.37. The van der Waals surface area contributed by atoms with Gasteiger partial charge in [-0.25, -0.2) is 5.01 Å². The molecule has 3 heterocycles. The summed E-state index contributed by atoms with van der Waals surface area (Å²) in [5, 5.41) is 16.8. The summed E-state index contributed by atoms with van der Waals surface area (Å²) < 4.78 is 11.0. The molecule has 0 bridgehead atoms. The third-order valence-corrected chi connectivity index (χ3v) is 5.16. The van der Waals surface area contributed by atoms with Crippen LogP contribution in [0.5, 0.6) is 5.75 Å². The number of carbonyl (C=O) groups is 1. The van der Waals surface area contributed by atoms with Gasteiger partial charge in [0, 0.05) is 11.3 Å². The number of thiophene rings is 1. The van der Waals surface area contributed by atoms with Gasteiger partial charge in [-0.1, -0.05) is 6.07 Å². The normalized spacial score (nSPS) is 16.0. The Labute approximate surface area is 159 Å². The number of furan rings is 1. The molecule has 1 aromatic carbocycles. The molecule has 0 radical (unpaired) electrons. The minimum absolute atomic E-state index is 0.136. The van der Waals surface area contributed by atoms with E-state index >= 15 is 0 Å². The molecule has 1 aliphatic rings. The van der Waals surface area contributed by atoms with E-state index in [-0.39, 0.29) is 18.6 Å². The van der Waals surface area contributed by atoms with E-state index in [1.54, 1.807) is 47.9 Å². The van der Waals surface area contributed by atoms with Crippen LogP contribution in [0.25, 0.3) is 0 Å². The number of hydrazone groups is 1. The number of nitrogens with zero attached hydrogens (tertiary/aromatic N) is 3. The molecule has 1 unspecified atom stereocenters. The van der Waals surface area contributed by atoms with Gasteiger partial charge in [0.25, 0.3) is 5.91 Å². The first-order chi connectivity index (χ1) is 13.2. The van der Waals surface area contributed by atoms with Crippen LogP contribution in [-0.2, 0) is 4.79 Å². The van der Waals surface area contributed by atoms with E-state index in [0.717, 1.165) is 10.6 Å². The van der Waals surface area contributed by atoms with Crippen LogP contribution in [0.2, 0.25) is 0 Å². The highest BCUT2D eigenvalue weighted by atomic mass is 32.1. The molecule has 0 N–H and O–H groups in total. The van der Waals surface area contributed by atoms with Gasteiger partial charge in [-0.2, -0.15) is 10.4 Å². The average molecular weight is 377 g/mol. The molecule has 0 aliphatic carbocycles. The lowest BCUT2D eigenvalue weighted by molar-refractivity contribution is -0.135. The number of amides is 1. The molecule has 0 spiro atoms. The second-order valence-corrected chi connectivity index (χ2v) is 6.90. The first-order valence-electron chi connectivity index (χ1n) is 8.34. The van der Waals surface area contributed by atoms with Gasteiger partial charge in [0.2, 0.25) is 0 Å². The van der Waals surface area contributed by atoms with Crippen LogP contribution < -0.4 is 4.74 Å². The minimum atomic E-state index is -0.237. The summed E-state index contributed by atoms with van der Waals surface area (Å²) in [4.78, 5) is 13.8. The van der Waals surface area contributed by atoms with Gasteiger partial charge in [-0.05, 0) is 47.8 Å². The topological polar surface area (TPSA) is 78.8 Å². The molecule has 27 heavy (non-hydrogen) atoms. The van der Waals surface area contributed by atoms with Crippen LogP contribution >= 0.6 is 11.3 Å². The van der Waals surface area contributed by atoms with Crippen molar-refractivity contribution in [2.45, 2.75) is 12.5 Å². The molecule has 134 valence electrons. The number of hydrogen-bond donors (Lipinski definition) is 0. The molecule has 1 atom stereocenters. The van der Waals surface area contributed by atoms with E-state index in [0.29, 0.717) is 23.5 Å². The fourth-order valence-electron chi connectivity index (χ4n) is 2.87. The van der Waals surface area contributed by atoms with Crippen LogP contribution in [0.1, 0.15) is 28.7 Å². The molecular formula is C20H15N3O3S. The zero-order chi connectivity index (χ0) is 18.6. The van der Waals surface area contributed by atoms with E-state index in [4.69, 9.17) is 14.4 Å². The SMILES string of the molecule is N#Cc1ccc(OCC(=O)N2N=C(c3ccco3)CC2c2cccs2)cc1. The first-order valence-corrected chi connectivity index (χ1v) is 9.22. The molecule has 2 aromatic heterocycles. The maximum atomic E-state index is 12.8. The number of carbonyl (C=O) groups excluding carboxylic acids is 1. The van der Waals surface area contributed by atoms with Crippen molar-refractivity contribution in [1.29, 1.82) is 5.26 Å². The van der Waals surface area contributed by atoms with Crippen LogP contribution in [0.3, 0.4) is 0 Å². The van der Waals surface area contributed by atoms with E-state index in [2.05, 4.69) is 5.10 Å². The van der Waals surface area contributed by atoms with Crippen molar-refractivity contribution in [1.82, 2.24) is 5.01 Å². The van der Waals surface area contributed by atoms with Crippen LogP contribution in [0.15, 0.2) is 69.7 Å². The minimum Gasteiger partial charge on any atom is -0.484 e. The lowest BCUT2D eigenvalue weighted by Crippen LogP contribution is -2.31. The average Bonchev–Trinajstić information content (AvgIpc) is 3.46. The molecule has 1 aliphatic heterocycles. The Balaban J connectivity index is 1.50. The highest BCUT2D eigenvalue weighted by Gasteiger charge is 2.34. The summed E-state index contributed by atoms with van der Waals surface area (Å²) in [7, 11) is 0. The standard InChI is InChI=1S/C20H15N3O3S/c21-12-14-5-7-15(8-6-14)26-13-20(24)23-17(19-4-2-10-27-19)11-16(22-23)18-3-1-9-25-18/h1-10,17H,11,13H2. The van der Waals surface area contributed by atoms with Gasteiger partial charge in [-0.15, -0.1) is 11.3 Å². The van der Waals surface area contributed by atoms with Gasteiger partial charge in [0.15, 0.2) is 6.61 Å². The van der Waals surface area contributed by atoms with Gasteiger partial charge in [0.05, 0.1) is 23.9 Å². The van der Waals surface area contributed by atoms with Crippen molar-refractivity contribution in [2.75, 3.05) is 6.61 Å². The molecule has 4 rings (SSSR count). The Morgan fingerprint density at radius 3 is 2.81 bits per heavy atom. The third-order valence-electron chi connectivity index (χ3n) is 4.19. The second-order valence-electron chi connectivity index (χ2n) is 5.92. The van der Waals surface area contributed by atoms with Crippen molar-refractivity contribution in [3.8, 4) is 11.8 Å². The Kier molecular flexibility index (Phi) is 4.73. The summed E-state index contributed by atoms with van der Waals surface area (Å²) in [6.07, 6.45) is 2.19. The predicted octanol–water partition coefficient (Wildman–Crippen LogP) is 3.97. The fraction of sp³-hybridized carbons (Fsp3) is 0.150. The fourth-order valence-corrected chi connectivity index (χ4v) is 3.68. The smallest absolute Gasteiger partial charge is 0.281 e. The summed E-state index contributed by atoms with van der Waals surface area (Å²) in [5.74, 6) is 0.962. The first kappa shape index (κ1) is 17.1. The summed E-state index contributed by atoms with van der Waals surface area (Å²) in [5.41, 5.74) is 1.28. The highest BCUT2D eigenvalue weighted by Crippen LogP contribution is 2.35. The molecule has 6 nitrogen and oxygen atoms in total. The van der Waals surface area contributed by atoms with Crippen molar-refractivity contribution >= 4 is 23.0 Å². The molecule has 0 saturated heterocycles. The highest BCUT2D eigenvalue weighted by molar-refractivity contribution is 7.10. The van der Waals surface area contributed by atoms with Crippen molar-refractivity contribution in [3.63, 3.8) is 0 Å². The van der Waals surface area contributed by atoms with E-state index in [1.807, 2.05) is 29.6 Å². The molecule has 7 heteroatoms. The molecule has 3 aromatic rings. The van der Waals surface area contributed by atoms with Gasteiger partial charge in [0.1, 0.15) is 17.2 Å². The number of rotatable bonds is 5. The van der Waals surface area contributed by atoms with E-state index < -0.39 is 0 Å². The lowest BCUT2D eigenvalue weighted by Gasteiger charge is -2.20. The predicted molar refractivity (Wildman–Crippen MR) is 100 cm³/mol. The molecular weight excluding hydrogens is 362 g/mol. The quantitative estimate of drug-likeness (QED) is 0.674. The Bertz CT molecular complexity index is 986. The zero-order valence-electron chi connectivity index (χ0n) is 14.2. The van der Waals surface area contributed by atoms with Crippen molar-refractivity contribution in [2.24, 2.45) is 5.10 Å². The Morgan fingerprint density at radius 2 is 2.15 bits per heavy atom. The maximum absolute atomic E-state index is 12.8. The maximum Gasteiger partial charge on any atom is 0.281 e. The number of hydrogen-bond acceptors (Lipinski definition) is 6. The summed E-state index contributed by atoms with van der Waals surface area (Å²) >= 11 is 1.59. The zero-order valence-corrected chi connectivity index (χ0v) is 15.1. The third kappa shape index (κ3) is 3.61. The largest absolute Gasteiger partial charge is 0.484 e.